The van der Waals surface area contributed by atoms with Crippen molar-refractivity contribution in [2.24, 2.45) is 5.41 Å². The molecule has 0 spiro atoms. The topological polar surface area (TPSA) is 46.2 Å². The minimum atomic E-state index is -0.379. The normalized spacial score (nSPS) is 23.0. The molecule has 0 saturated carbocycles. The van der Waals surface area contributed by atoms with E-state index in [-0.39, 0.29) is 22.9 Å². The molecule has 2 aliphatic rings. The Morgan fingerprint density at radius 1 is 1.25 bits per heavy atom. The molecule has 0 radical (unpaired) electrons. The fourth-order valence-corrected chi connectivity index (χ4v) is 4.17. The summed E-state index contributed by atoms with van der Waals surface area (Å²) in [5.41, 5.74) is 3.83. The van der Waals surface area contributed by atoms with Crippen molar-refractivity contribution in [3.63, 3.8) is 0 Å². The quantitative estimate of drug-likeness (QED) is 0.857. The van der Waals surface area contributed by atoms with E-state index < -0.39 is 0 Å². The molecule has 24 heavy (non-hydrogen) atoms. The van der Waals surface area contributed by atoms with Gasteiger partial charge < -0.3 is 5.32 Å². The van der Waals surface area contributed by atoms with Crippen molar-refractivity contribution in [1.29, 1.82) is 0 Å². The van der Waals surface area contributed by atoms with Gasteiger partial charge in [0.05, 0.1) is 0 Å². The van der Waals surface area contributed by atoms with E-state index in [2.05, 4.69) is 19.2 Å². The van der Waals surface area contributed by atoms with E-state index in [1.165, 1.54) is 0 Å². The predicted octanol–water partition coefficient (Wildman–Crippen LogP) is 4.53. The van der Waals surface area contributed by atoms with Crippen LogP contribution in [0.1, 0.15) is 52.0 Å². The van der Waals surface area contributed by atoms with E-state index in [9.17, 15) is 9.59 Å². The molecule has 4 heteroatoms. The van der Waals surface area contributed by atoms with Crippen molar-refractivity contribution in [1.82, 2.24) is 5.32 Å². The fraction of sp³-hybridized carbons (Fsp3) is 0.400. The standard InChI is InChI=1S/C20H22ClNO2/c1-11-17(12(2)23)18(13-7-5-6-8-14(13)21)19-15(22-11)9-20(3,4)10-16(19)24/h5-8,18,22H,9-10H2,1-4H3. The molecule has 1 aliphatic heterocycles. The van der Waals surface area contributed by atoms with Crippen molar-refractivity contribution >= 4 is 23.2 Å². The lowest BCUT2D eigenvalue weighted by Crippen LogP contribution is -2.38. The summed E-state index contributed by atoms with van der Waals surface area (Å²) in [7, 11) is 0. The molecule has 1 N–H and O–H groups in total. The Bertz CT molecular complexity index is 802. The second-order valence-electron chi connectivity index (χ2n) is 7.51. The first-order chi connectivity index (χ1) is 11.2. The van der Waals surface area contributed by atoms with Gasteiger partial charge in [-0.25, -0.2) is 0 Å². The molecular formula is C20H22ClNO2. The molecule has 1 unspecified atom stereocenters. The summed E-state index contributed by atoms with van der Waals surface area (Å²) >= 11 is 6.42. The average molecular weight is 344 g/mol. The van der Waals surface area contributed by atoms with E-state index in [0.717, 1.165) is 23.4 Å². The van der Waals surface area contributed by atoms with Crippen LogP contribution >= 0.6 is 11.6 Å². The maximum atomic E-state index is 12.9. The number of ketones is 2. The van der Waals surface area contributed by atoms with Crippen molar-refractivity contribution in [3.05, 3.63) is 57.4 Å². The van der Waals surface area contributed by atoms with Gasteiger partial charge in [0, 0.05) is 39.9 Å². The number of benzene rings is 1. The Balaban J connectivity index is 2.24. The number of dihydropyridines is 1. The molecule has 1 aliphatic carbocycles. The Labute approximate surface area is 147 Å². The molecule has 0 fully saturated rings. The highest BCUT2D eigenvalue weighted by molar-refractivity contribution is 6.31. The number of carbonyl (C=O) groups excluding carboxylic acids is 2. The van der Waals surface area contributed by atoms with E-state index >= 15 is 0 Å². The van der Waals surface area contributed by atoms with Crippen LogP contribution in [0.2, 0.25) is 5.02 Å². The Morgan fingerprint density at radius 3 is 2.54 bits per heavy atom. The second kappa shape index (κ2) is 5.89. The first-order valence-corrected chi connectivity index (χ1v) is 8.58. The Kier molecular flexibility index (Phi) is 4.16. The van der Waals surface area contributed by atoms with Gasteiger partial charge in [-0.3, -0.25) is 9.59 Å². The van der Waals surface area contributed by atoms with Gasteiger partial charge in [-0.2, -0.15) is 0 Å². The van der Waals surface area contributed by atoms with Crippen LogP contribution in [-0.4, -0.2) is 11.6 Å². The Hall–Kier alpha value is -1.87. The maximum Gasteiger partial charge on any atom is 0.162 e. The number of allylic oxidation sites excluding steroid dienone is 4. The fourth-order valence-electron chi connectivity index (χ4n) is 3.92. The van der Waals surface area contributed by atoms with Crippen LogP contribution in [0, 0.1) is 5.41 Å². The van der Waals surface area contributed by atoms with Gasteiger partial charge in [0.15, 0.2) is 11.6 Å². The molecule has 1 heterocycles. The Morgan fingerprint density at radius 2 is 1.92 bits per heavy atom. The van der Waals surface area contributed by atoms with Crippen LogP contribution in [0.25, 0.3) is 0 Å². The van der Waals surface area contributed by atoms with Crippen LogP contribution in [0.15, 0.2) is 46.8 Å². The summed E-state index contributed by atoms with van der Waals surface area (Å²) in [6, 6.07) is 7.47. The summed E-state index contributed by atoms with van der Waals surface area (Å²) in [6.45, 7) is 7.64. The molecule has 1 aromatic carbocycles. The van der Waals surface area contributed by atoms with Crippen molar-refractivity contribution in [2.45, 2.75) is 46.5 Å². The zero-order valence-corrected chi connectivity index (χ0v) is 15.3. The number of rotatable bonds is 2. The number of hydrogen-bond donors (Lipinski definition) is 1. The molecular weight excluding hydrogens is 322 g/mol. The largest absolute Gasteiger partial charge is 0.362 e. The van der Waals surface area contributed by atoms with Crippen LogP contribution in [-0.2, 0) is 9.59 Å². The number of hydrogen-bond acceptors (Lipinski definition) is 3. The predicted molar refractivity (Wildman–Crippen MR) is 95.8 cm³/mol. The molecule has 1 atom stereocenters. The zero-order chi connectivity index (χ0) is 17.6. The average Bonchev–Trinajstić information content (AvgIpc) is 2.44. The minimum Gasteiger partial charge on any atom is -0.362 e. The maximum absolute atomic E-state index is 12.9. The number of Topliss-reactive ketones (excluding diaryl/α,β-unsaturated/α-hetero) is 2. The van der Waals surface area contributed by atoms with E-state index in [1.54, 1.807) is 6.92 Å². The number of carbonyl (C=O) groups is 2. The number of nitrogens with one attached hydrogen (secondary N) is 1. The monoisotopic (exact) mass is 343 g/mol. The minimum absolute atomic E-state index is 0.0332. The summed E-state index contributed by atoms with van der Waals surface area (Å²) in [5.74, 6) is -0.310. The highest BCUT2D eigenvalue weighted by Crippen LogP contribution is 2.47. The van der Waals surface area contributed by atoms with Crippen LogP contribution < -0.4 is 5.32 Å². The number of halogens is 1. The second-order valence-corrected chi connectivity index (χ2v) is 7.91. The van der Waals surface area contributed by atoms with Crippen molar-refractivity contribution in [2.75, 3.05) is 0 Å². The van der Waals surface area contributed by atoms with Gasteiger partial charge in [-0.1, -0.05) is 43.6 Å². The SMILES string of the molecule is CC(=O)C1=C(C)NC2=C(C(=O)CC(C)(C)C2)C1c1ccccc1Cl. The zero-order valence-electron chi connectivity index (χ0n) is 14.5. The summed E-state index contributed by atoms with van der Waals surface area (Å²) < 4.78 is 0. The molecule has 3 rings (SSSR count). The molecule has 0 saturated heterocycles. The molecule has 0 bridgehead atoms. The van der Waals surface area contributed by atoms with Crippen molar-refractivity contribution < 1.29 is 9.59 Å². The summed E-state index contributed by atoms with van der Waals surface area (Å²) in [5, 5.41) is 3.91. The smallest absolute Gasteiger partial charge is 0.162 e. The van der Waals surface area contributed by atoms with Crippen LogP contribution in [0.5, 0.6) is 0 Å². The summed E-state index contributed by atoms with van der Waals surface area (Å²) in [6.07, 6.45) is 1.27. The van der Waals surface area contributed by atoms with Crippen molar-refractivity contribution in [3.8, 4) is 0 Å². The molecule has 1 aromatic rings. The highest BCUT2D eigenvalue weighted by Gasteiger charge is 2.42. The van der Waals surface area contributed by atoms with Gasteiger partial charge in [0.1, 0.15) is 0 Å². The van der Waals surface area contributed by atoms with Gasteiger partial charge >= 0.3 is 0 Å². The third kappa shape index (κ3) is 2.82. The van der Waals surface area contributed by atoms with Crippen LogP contribution in [0.4, 0.5) is 0 Å². The first kappa shape index (κ1) is 17.0. The molecule has 0 amide bonds. The first-order valence-electron chi connectivity index (χ1n) is 8.20. The van der Waals surface area contributed by atoms with Gasteiger partial charge in [-0.15, -0.1) is 0 Å². The van der Waals surface area contributed by atoms with Gasteiger partial charge in [-0.05, 0) is 37.3 Å². The van der Waals surface area contributed by atoms with Gasteiger partial charge in [0.2, 0.25) is 0 Å². The lowest BCUT2D eigenvalue weighted by Gasteiger charge is -2.39. The molecule has 126 valence electrons. The summed E-state index contributed by atoms with van der Waals surface area (Å²) in [4.78, 5) is 25.3. The molecule has 3 nitrogen and oxygen atoms in total. The lowest BCUT2D eigenvalue weighted by atomic mass is 9.68. The lowest BCUT2D eigenvalue weighted by molar-refractivity contribution is -0.118. The van der Waals surface area contributed by atoms with Crippen LogP contribution in [0.3, 0.4) is 0 Å². The highest BCUT2D eigenvalue weighted by atomic mass is 35.5. The third-order valence-electron chi connectivity index (χ3n) is 4.84. The van der Waals surface area contributed by atoms with E-state index in [1.807, 2.05) is 31.2 Å². The third-order valence-corrected chi connectivity index (χ3v) is 5.18. The molecule has 0 aromatic heterocycles. The van der Waals surface area contributed by atoms with E-state index in [0.29, 0.717) is 22.6 Å². The van der Waals surface area contributed by atoms with E-state index in [4.69, 9.17) is 11.6 Å². The van der Waals surface area contributed by atoms with Gasteiger partial charge in [0.25, 0.3) is 0 Å².